The van der Waals surface area contributed by atoms with Crippen LogP contribution in [0.3, 0.4) is 0 Å². The first-order valence-electron chi connectivity index (χ1n) is 13.2. The molecule has 212 valence electrons. The van der Waals surface area contributed by atoms with E-state index in [-0.39, 0.29) is 30.6 Å². The minimum atomic E-state index is -2.07. The van der Waals surface area contributed by atoms with E-state index in [2.05, 4.69) is 0 Å². The summed E-state index contributed by atoms with van der Waals surface area (Å²) in [5.41, 5.74) is -6.24. The van der Waals surface area contributed by atoms with Crippen molar-refractivity contribution in [2.45, 2.75) is 89.2 Å². The average Bonchev–Trinajstić information content (AvgIpc) is 2.87. The first-order valence-corrected chi connectivity index (χ1v) is 13.2. The average molecular weight is 545 g/mol. The topological polar surface area (TPSA) is 160 Å². The van der Waals surface area contributed by atoms with E-state index in [1.807, 2.05) is 0 Å². The summed E-state index contributed by atoms with van der Waals surface area (Å²) in [6.45, 7) is 7.29. The third-order valence-corrected chi connectivity index (χ3v) is 9.95. The van der Waals surface area contributed by atoms with E-state index in [9.17, 15) is 34.8 Å². The van der Waals surface area contributed by atoms with E-state index in [4.69, 9.17) is 14.2 Å². The molecule has 0 unspecified atom stereocenters. The Kier molecular flexibility index (Phi) is 6.40. The van der Waals surface area contributed by atoms with Gasteiger partial charge in [-0.3, -0.25) is 9.59 Å². The summed E-state index contributed by atoms with van der Waals surface area (Å²) in [6.07, 6.45) is -7.26. The Morgan fingerprint density at radius 1 is 1.08 bits per heavy atom. The van der Waals surface area contributed by atoms with E-state index < -0.39 is 76.2 Å². The first kappa shape index (κ1) is 27.9. The molecular formula is C29H36O10. The Morgan fingerprint density at radius 2 is 1.72 bits per heavy atom. The van der Waals surface area contributed by atoms with E-state index >= 15 is 0 Å². The molecule has 0 amide bonds. The van der Waals surface area contributed by atoms with Gasteiger partial charge in [0.1, 0.15) is 23.9 Å². The zero-order chi connectivity index (χ0) is 28.7. The van der Waals surface area contributed by atoms with E-state index in [1.165, 1.54) is 26.0 Å². The zero-order valence-corrected chi connectivity index (χ0v) is 22.7. The van der Waals surface area contributed by atoms with Crippen molar-refractivity contribution < 1.29 is 49.0 Å². The summed E-state index contributed by atoms with van der Waals surface area (Å²) in [4.78, 5) is 40.3. The molecule has 1 aromatic carbocycles. The van der Waals surface area contributed by atoms with Gasteiger partial charge in [-0.25, -0.2) is 4.79 Å². The Labute approximate surface area is 226 Å². The fourth-order valence-corrected chi connectivity index (χ4v) is 7.66. The smallest absolute Gasteiger partial charge is 0.338 e. The maximum absolute atomic E-state index is 14.3. The molecule has 9 atom stereocenters. The molecular weight excluding hydrogens is 508 g/mol. The normalized spacial score (nSPS) is 42.7. The molecule has 5 rings (SSSR count). The number of ketones is 1. The minimum Gasteiger partial charge on any atom is -0.455 e. The van der Waals surface area contributed by atoms with Crippen molar-refractivity contribution in [3.8, 4) is 0 Å². The number of aliphatic hydroxyl groups excluding tert-OH is 3. The minimum absolute atomic E-state index is 0.0828. The van der Waals surface area contributed by atoms with Gasteiger partial charge in [0.05, 0.1) is 35.7 Å². The lowest BCUT2D eigenvalue weighted by Gasteiger charge is -2.67. The van der Waals surface area contributed by atoms with Crippen LogP contribution in [0.25, 0.3) is 0 Å². The number of fused-ring (bicyclic) bond motifs is 5. The molecule has 10 nitrogen and oxygen atoms in total. The molecule has 1 aliphatic heterocycles. The second kappa shape index (κ2) is 8.94. The number of rotatable bonds is 3. The molecule has 39 heavy (non-hydrogen) atoms. The van der Waals surface area contributed by atoms with Crippen LogP contribution in [0, 0.1) is 16.7 Å². The van der Waals surface area contributed by atoms with Crippen molar-refractivity contribution in [1.82, 2.24) is 0 Å². The standard InChI is InChI=1S/C29H36O10/c1-14-17(31)12-29(36)24(38-25(35)16-9-7-6-8-10-16)22-27(5,23(34)21(33)20(14)26(29,3)4)18(32)11-19-28(22,13-37-19)39-15(2)30/h6-10,17-19,21-22,24,31-33,36H,11-13H2,1-5H3/t17-,18+,19+,21+,22+,24-,27-,28+,29+/m0/s1. The van der Waals surface area contributed by atoms with Gasteiger partial charge in [-0.15, -0.1) is 0 Å². The summed E-state index contributed by atoms with van der Waals surface area (Å²) in [5, 5.41) is 46.7. The Bertz CT molecular complexity index is 1240. The molecule has 2 saturated carbocycles. The van der Waals surface area contributed by atoms with Crippen molar-refractivity contribution in [2.24, 2.45) is 16.7 Å². The van der Waals surface area contributed by atoms with Crippen molar-refractivity contribution in [3.05, 3.63) is 47.0 Å². The SMILES string of the molecule is CC(=O)O[C@]12CO[C@@H]1C[C@@H](O)[C@]1(C)C(=O)[C@H](O)C3=C(C)[C@@H](O)C[C@@](O)([C@@H](OC(=O)c4ccccc4)[C@@H]21)C3(C)C. The van der Waals surface area contributed by atoms with Gasteiger partial charge in [-0.1, -0.05) is 32.0 Å². The first-order chi connectivity index (χ1) is 18.1. The molecule has 0 aromatic heterocycles. The summed E-state index contributed by atoms with van der Waals surface area (Å²) in [6, 6.07) is 8.08. The highest BCUT2D eigenvalue weighted by Crippen LogP contribution is 2.63. The number of esters is 2. The Morgan fingerprint density at radius 3 is 2.28 bits per heavy atom. The molecule has 1 saturated heterocycles. The van der Waals surface area contributed by atoms with Crippen LogP contribution in [0.1, 0.15) is 57.8 Å². The van der Waals surface area contributed by atoms with E-state index in [1.54, 1.807) is 39.0 Å². The number of carbonyl (C=O) groups is 3. The van der Waals surface area contributed by atoms with Crippen molar-refractivity contribution in [2.75, 3.05) is 6.61 Å². The Balaban J connectivity index is 1.81. The van der Waals surface area contributed by atoms with Gasteiger partial charge in [0.15, 0.2) is 11.4 Å². The highest BCUT2D eigenvalue weighted by atomic mass is 16.6. The van der Waals surface area contributed by atoms with Crippen molar-refractivity contribution in [1.29, 1.82) is 0 Å². The summed E-state index contributed by atoms with van der Waals surface area (Å²) < 4.78 is 17.7. The monoisotopic (exact) mass is 544 g/mol. The number of carbonyl (C=O) groups excluding carboxylic acids is 3. The van der Waals surface area contributed by atoms with Gasteiger partial charge in [0.2, 0.25) is 0 Å². The van der Waals surface area contributed by atoms with Gasteiger partial charge in [-0.05, 0) is 37.1 Å². The molecule has 4 N–H and O–H groups in total. The third kappa shape index (κ3) is 3.62. The summed E-state index contributed by atoms with van der Waals surface area (Å²) in [7, 11) is 0. The number of benzene rings is 1. The van der Waals surface area contributed by atoms with Crippen LogP contribution in [0.15, 0.2) is 41.5 Å². The molecule has 0 spiro atoms. The molecule has 1 aromatic rings. The summed E-state index contributed by atoms with van der Waals surface area (Å²) in [5.74, 6) is -3.60. The maximum atomic E-state index is 14.3. The Hall–Kier alpha value is -2.63. The lowest BCUT2D eigenvalue weighted by atomic mass is 9.44. The van der Waals surface area contributed by atoms with Crippen LogP contribution in [0.2, 0.25) is 0 Å². The highest BCUT2D eigenvalue weighted by Gasteiger charge is 2.77. The number of hydrogen-bond donors (Lipinski definition) is 4. The second-order valence-electron chi connectivity index (χ2n) is 12.2. The van der Waals surface area contributed by atoms with Crippen LogP contribution >= 0.6 is 0 Å². The van der Waals surface area contributed by atoms with Crippen LogP contribution < -0.4 is 0 Å². The molecule has 3 fully saturated rings. The third-order valence-electron chi connectivity index (χ3n) is 9.95. The number of ether oxygens (including phenoxy) is 3. The van der Waals surface area contributed by atoms with E-state index in [0.29, 0.717) is 5.57 Å². The van der Waals surface area contributed by atoms with Crippen molar-refractivity contribution >= 4 is 17.7 Å². The van der Waals surface area contributed by atoms with Crippen LogP contribution in [0.4, 0.5) is 0 Å². The van der Waals surface area contributed by atoms with Gasteiger partial charge in [0, 0.05) is 25.2 Å². The number of Topliss-reactive ketones (excluding diaryl/α,β-unsaturated/α-hetero) is 1. The summed E-state index contributed by atoms with van der Waals surface area (Å²) >= 11 is 0. The number of aliphatic hydroxyl groups is 4. The maximum Gasteiger partial charge on any atom is 0.338 e. The predicted octanol–water partition coefficient (Wildman–Crippen LogP) is 1.08. The molecule has 0 radical (unpaired) electrons. The zero-order valence-electron chi connectivity index (χ0n) is 22.7. The van der Waals surface area contributed by atoms with Gasteiger partial charge < -0.3 is 34.6 Å². The largest absolute Gasteiger partial charge is 0.455 e. The molecule has 3 aliphatic carbocycles. The van der Waals surface area contributed by atoms with Crippen LogP contribution in [-0.4, -0.2) is 86.5 Å². The van der Waals surface area contributed by atoms with Crippen LogP contribution in [0.5, 0.6) is 0 Å². The fourth-order valence-electron chi connectivity index (χ4n) is 7.66. The predicted molar refractivity (Wildman–Crippen MR) is 135 cm³/mol. The van der Waals surface area contributed by atoms with E-state index in [0.717, 1.165) is 0 Å². The number of hydrogen-bond acceptors (Lipinski definition) is 10. The molecule has 10 heteroatoms. The second-order valence-corrected chi connectivity index (χ2v) is 12.2. The lowest BCUT2D eigenvalue weighted by Crippen LogP contribution is -2.81. The highest BCUT2D eigenvalue weighted by molar-refractivity contribution is 5.94. The quantitative estimate of drug-likeness (QED) is 0.320. The van der Waals surface area contributed by atoms with Crippen molar-refractivity contribution in [3.63, 3.8) is 0 Å². The van der Waals surface area contributed by atoms with Gasteiger partial charge in [0.25, 0.3) is 0 Å². The molecule has 1 heterocycles. The lowest BCUT2D eigenvalue weighted by molar-refractivity contribution is -0.345. The molecule has 2 bridgehead atoms. The molecule has 4 aliphatic rings. The van der Waals surface area contributed by atoms with Gasteiger partial charge >= 0.3 is 11.9 Å². The van der Waals surface area contributed by atoms with Crippen LogP contribution in [-0.2, 0) is 23.8 Å². The van der Waals surface area contributed by atoms with Gasteiger partial charge in [-0.2, -0.15) is 0 Å². The fraction of sp³-hybridized carbons (Fsp3) is 0.621.